The van der Waals surface area contributed by atoms with Gasteiger partial charge in [-0.2, -0.15) is 0 Å². The molecular weight excluding hydrogens is 346 g/mol. The minimum absolute atomic E-state index is 0.0765. The van der Waals surface area contributed by atoms with E-state index < -0.39 is 5.54 Å². The number of nitrogens with two attached hydrogens (primary N) is 2. The highest BCUT2D eigenvalue weighted by atomic mass is 79.9. The number of hydrogen-bond acceptors (Lipinski definition) is 3. The number of carbonyl (C=O) groups excluding carboxylic acids is 2. The molecule has 1 unspecified atom stereocenters. The van der Waals surface area contributed by atoms with Gasteiger partial charge in [0.25, 0.3) is 0 Å². The zero-order chi connectivity index (χ0) is 16.3. The zero-order valence-corrected chi connectivity index (χ0v) is 14.3. The van der Waals surface area contributed by atoms with Crippen LogP contribution < -0.4 is 11.5 Å². The van der Waals surface area contributed by atoms with Gasteiger partial charge < -0.3 is 16.4 Å². The second-order valence-corrected chi connectivity index (χ2v) is 7.03. The summed E-state index contributed by atoms with van der Waals surface area (Å²) in [4.78, 5) is 25.5. The largest absolute Gasteiger partial charge is 0.370 e. The van der Waals surface area contributed by atoms with Crippen molar-refractivity contribution in [1.29, 1.82) is 0 Å². The normalized spacial score (nSPS) is 18.8. The first-order valence-corrected chi connectivity index (χ1v) is 8.22. The van der Waals surface area contributed by atoms with Crippen LogP contribution in [0.15, 0.2) is 28.7 Å². The SMILES string of the molecule is CC(N)(C(=O)N1CCC(CC(N)=O)CC1)c1ccc(Br)cc1. The highest BCUT2D eigenvalue weighted by Crippen LogP contribution is 2.26. The standard InChI is InChI=1S/C16H22BrN3O2/c1-16(19,12-2-4-13(17)5-3-12)15(22)20-8-6-11(7-9-20)10-14(18)21/h2-5,11H,6-10,19H2,1H3,(H2,18,21). The van der Waals surface area contributed by atoms with Gasteiger partial charge in [-0.1, -0.05) is 28.1 Å². The molecule has 1 aromatic rings. The number of primary amides is 1. The van der Waals surface area contributed by atoms with Crippen molar-refractivity contribution in [3.63, 3.8) is 0 Å². The predicted molar refractivity (Wildman–Crippen MR) is 88.8 cm³/mol. The molecule has 1 atom stereocenters. The van der Waals surface area contributed by atoms with Crippen molar-refractivity contribution >= 4 is 27.7 Å². The van der Waals surface area contributed by atoms with Crippen molar-refractivity contribution in [3.05, 3.63) is 34.3 Å². The molecule has 0 bridgehead atoms. The number of piperidine rings is 1. The van der Waals surface area contributed by atoms with Gasteiger partial charge in [0.05, 0.1) is 0 Å². The lowest BCUT2D eigenvalue weighted by molar-refractivity contribution is -0.138. The second-order valence-electron chi connectivity index (χ2n) is 6.12. The Labute approximate surface area is 139 Å². The topological polar surface area (TPSA) is 89.4 Å². The van der Waals surface area contributed by atoms with Gasteiger partial charge in [0.2, 0.25) is 11.8 Å². The summed E-state index contributed by atoms with van der Waals surface area (Å²) in [5.74, 6) is -0.0751. The average Bonchev–Trinajstić information content (AvgIpc) is 2.47. The van der Waals surface area contributed by atoms with E-state index in [0.29, 0.717) is 19.5 Å². The van der Waals surface area contributed by atoms with E-state index in [9.17, 15) is 9.59 Å². The first-order valence-electron chi connectivity index (χ1n) is 7.43. The molecule has 1 saturated heterocycles. The van der Waals surface area contributed by atoms with Crippen LogP contribution in [0.25, 0.3) is 0 Å². The van der Waals surface area contributed by atoms with Crippen molar-refractivity contribution in [2.75, 3.05) is 13.1 Å². The van der Waals surface area contributed by atoms with Crippen molar-refractivity contribution in [2.45, 2.75) is 31.7 Å². The Morgan fingerprint density at radius 2 is 1.82 bits per heavy atom. The van der Waals surface area contributed by atoms with Gasteiger partial charge in [0.15, 0.2) is 0 Å². The van der Waals surface area contributed by atoms with Crippen molar-refractivity contribution in [3.8, 4) is 0 Å². The van der Waals surface area contributed by atoms with E-state index in [2.05, 4.69) is 15.9 Å². The molecule has 1 aliphatic rings. The van der Waals surface area contributed by atoms with Crippen LogP contribution in [0.3, 0.4) is 0 Å². The fourth-order valence-corrected chi connectivity index (χ4v) is 3.14. The molecule has 1 aromatic carbocycles. The first-order chi connectivity index (χ1) is 10.3. The summed E-state index contributed by atoms with van der Waals surface area (Å²) in [5, 5.41) is 0. The number of hydrogen-bond donors (Lipinski definition) is 2. The van der Waals surface area contributed by atoms with Crippen molar-refractivity contribution < 1.29 is 9.59 Å². The molecule has 1 heterocycles. The van der Waals surface area contributed by atoms with Crippen molar-refractivity contribution in [1.82, 2.24) is 4.90 Å². The lowest BCUT2D eigenvalue weighted by Crippen LogP contribution is -2.53. The van der Waals surface area contributed by atoms with Crippen LogP contribution in [-0.2, 0) is 15.1 Å². The Hall–Kier alpha value is -1.40. The van der Waals surface area contributed by atoms with Gasteiger partial charge in [-0.05, 0) is 43.4 Å². The molecule has 0 spiro atoms. The number of carbonyl (C=O) groups is 2. The molecule has 2 rings (SSSR count). The maximum Gasteiger partial charge on any atom is 0.246 e. The van der Waals surface area contributed by atoms with E-state index in [1.165, 1.54) is 0 Å². The summed E-state index contributed by atoms with van der Waals surface area (Å²) < 4.78 is 0.951. The summed E-state index contributed by atoms with van der Waals surface area (Å²) in [5.41, 5.74) is 11.3. The van der Waals surface area contributed by atoms with Crippen LogP contribution >= 0.6 is 15.9 Å². The number of benzene rings is 1. The van der Waals surface area contributed by atoms with E-state index >= 15 is 0 Å². The van der Waals surface area contributed by atoms with E-state index in [-0.39, 0.29) is 17.7 Å². The number of nitrogens with zero attached hydrogens (tertiary/aromatic N) is 1. The Morgan fingerprint density at radius 1 is 1.27 bits per heavy atom. The Bertz CT molecular complexity index is 549. The van der Waals surface area contributed by atoms with Gasteiger partial charge in [-0.3, -0.25) is 9.59 Å². The van der Waals surface area contributed by atoms with E-state index in [1.54, 1.807) is 11.8 Å². The van der Waals surface area contributed by atoms with Crippen LogP contribution in [0.4, 0.5) is 0 Å². The van der Waals surface area contributed by atoms with Gasteiger partial charge >= 0.3 is 0 Å². The van der Waals surface area contributed by atoms with Crippen molar-refractivity contribution in [2.24, 2.45) is 17.4 Å². The number of rotatable bonds is 4. The molecule has 0 radical (unpaired) electrons. The van der Waals surface area contributed by atoms with Crippen LogP contribution in [-0.4, -0.2) is 29.8 Å². The molecule has 2 amide bonds. The molecule has 0 aliphatic carbocycles. The summed E-state index contributed by atoms with van der Waals surface area (Å²) in [6, 6.07) is 7.49. The third kappa shape index (κ3) is 3.87. The highest BCUT2D eigenvalue weighted by Gasteiger charge is 2.36. The molecule has 0 saturated carbocycles. The van der Waals surface area contributed by atoms with E-state index in [4.69, 9.17) is 11.5 Å². The minimum atomic E-state index is -1.04. The first kappa shape index (κ1) is 17.0. The van der Waals surface area contributed by atoms with Crippen LogP contribution in [0, 0.1) is 5.92 Å². The van der Waals surface area contributed by atoms with Gasteiger partial charge in [-0.15, -0.1) is 0 Å². The summed E-state index contributed by atoms with van der Waals surface area (Å²) in [7, 11) is 0. The monoisotopic (exact) mass is 367 g/mol. The smallest absolute Gasteiger partial charge is 0.246 e. The number of likely N-dealkylation sites (tertiary alicyclic amines) is 1. The number of amides is 2. The van der Waals surface area contributed by atoms with Crippen LogP contribution in [0.5, 0.6) is 0 Å². The quantitative estimate of drug-likeness (QED) is 0.848. The van der Waals surface area contributed by atoms with Gasteiger partial charge in [0, 0.05) is 24.0 Å². The molecular formula is C16H22BrN3O2. The molecule has 1 aliphatic heterocycles. The molecule has 1 fully saturated rings. The summed E-state index contributed by atoms with van der Waals surface area (Å²) in [6.07, 6.45) is 1.99. The van der Waals surface area contributed by atoms with Gasteiger partial charge in [0.1, 0.15) is 5.54 Å². The molecule has 0 aromatic heterocycles. The van der Waals surface area contributed by atoms with E-state index in [0.717, 1.165) is 22.9 Å². The Morgan fingerprint density at radius 3 is 2.32 bits per heavy atom. The fourth-order valence-electron chi connectivity index (χ4n) is 2.87. The summed E-state index contributed by atoms with van der Waals surface area (Å²) in [6.45, 7) is 2.99. The molecule has 22 heavy (non-hydrogen) atoms. The third-order valence-electron chi connectivity index (χ3n) is 4.28. The predicted octanol–water partition coefficient (Wildman–Crippen LogP) is 1.74. The molecule has 4 N–H and O–H groups in total. The van der Waals surface area contributed by atoms with Crippen LogP contribution in [0.2, 0.25) is 0 Å². The van der Waals surface area contributed by atoms with Crippen LogP contribution in [0.1, 0.15) is 31.7 Å². The van der Waals surface area contributed by atoms with Gasteiger partial charge in [-0.25, -0.2) is 0 Å². The molecule has 5 nitrogen and oxygen atoms in total. The number of halogens is 1. The van der Waals surface area contributed by atoms with E-state index in [1.807, 2.05) is 24.3 Å². The molecule has 120 valence electrons. The highest BCUT2D eigenvalue weighted by molar-refractivity contribution is 9.10. The molecule has 6 heteroatoms. The minimum Gasteiger partial charge on any atom is -0.370 e. The maximum atomic E-state index is 12.7. The average molecular weight is 368 g/mol. The lowest BCUT2D eigenvalue weighted by atomic mass is 9.88. The third-order valence-corrected chi connectivity index (χ3v) is 4.81. The lowest BCUT2D eigenvalue weighted by Gasteiger charge is -2.36. The fraction of sp³-hybridized carbons (Fsp3) is 0.500. The summed E-state index contributed by atoms with van der Waals surface area (Å²) >= 11 is 3.38. The zero-order valence-electron chi connectivity index (χ0n) is 12.7. The Balaban J connectivity index is 2.02. The second kappa shape index (κ2) is 6.79. The maximum absolute atomic E-state index is 12.7. The Kier molecular flexibility index (Phi) is 5.24.